The van der Waals surface area contributed by atoms with Gasteiger partial charge in [-0.1, -0.05) is 6.07 Å². The second kappa shape index (κ2) is 8.37. The van der Waals surface area contributed by atoms with Gasteiger partial charge in [-0.3, -0.25) is 18.5 Å². The summed E-state index contributed by atoms with van der Waals surface area (Å²) in [6, 6.07) is 10.2. The number of fused-ring (bicyclic) bond motifs is 1. The number of hydrogen-bond donors (Lipinski definition) is 0. The fraction of sp³-hybridized carbons (Fsp3) is 0.500. The van der Waals surface area contributed by atoms with Crippen LogP contribution in [-0.2, 0) is 16.6 Å². The molecule has 0 bridgehead atoms. The normalized spacial score (nSPS) is 23.1. The molecule has 178 valence electrons. The molecular formula is C22H27F2N5O2S2. The van der Waals surface area contributed by atoms with Crippen LogP contribution in [0, 0.1) is 5.92 Å². The molecule has 0 N–H and O–H groups in total. The monoisotopic (exact) mass is 495 g/mol. The Balaban J connectivity index is 1.28. The molecule has 5 rings (SSSR count). The topological polar surface area (TPSA) is 60.0 Å². The van der Waals surface area contributed by atoms with Gasteiger partial charge in [0.2, 0.25) is 10.0 Å². The predicted octanol–water partition coefficient (Wildman–Crippen LogP) is 3.30. The number of rotatable bonds is 6. The van der Waals surface area contributed by atoms with Crippen molar-refractivity contribution in [3.05, 3.63) is 42.2 Å². The molecule has 1 aromatic carbocycles. The molecule has 3 aliphatic rings. The van der Waals surface area contributed by atoms with Gasteiger partial charge >= 0.3 is 0 Å². The van der Waals surface area contributed by atoms with Crippen molar-refractivity contribution in [2.45, 2.75) is 18.9 Å². The number of halogens is 2. The summed E-state index contributed by atoms with van der Waals surface area (Å²) in [5.74, 6) is -3.08. The van der Waals surface area contributed by atoms with Crippen LogP contribution in [0.4, 0.5) is 20.2 Å². The highest BCUT2D eigenvalue weighted by atomic mass is 32.2. The molecule has 2 aromatic rings. The second-order valence-electron chi connectivity index (χ2n) is 8.98. The molecule has 0 radical (unpaired) electrons. The van der Waals surface area contributed by atoms with Gasteiger partial charge in [0.25, 0.3) is 5.92 Å². The fourth-order valence-corrected chi connectivity index (χ4v) is 6.24. The first-order chi connectivity index (χ1) is 15.6. The lowest BCUT2D eigenvalue weighted by atomic mass is 10.0. The van der Waals surface area contributed by atoms with Crippen molar-refractivity contribution in [3.8, 4) is 11.1 Å². The van der Waals surface area contributed by atoms with Crippen molar-refractivity contribution in [2.24, 2.45) is 5.92 Å². The molecule has 1 aromatic heterocycles. The van der Waals surface area contributed by atoms with Crippen molar-refractivity contribution >= 4 is 33.5 Å². The van der Waals surface area contributed by atoms with Crippen LogP contribution in [-0.4, -0.2) is 74.6 Å². The molecule has 0 spiro atoms. The van der Waals surface area contributed by atoms with Gasteiger partial charge in [-0.2, -0.15) is 4.31 Å². The summed E-state index contributed by atoms with van der Waals surface area (Å²) in [5.41, 5.74) is 5.00. The van der Waals surface area contributed by atoms with Gasteiger partial charge in [-0.15, -0.1) is 0 Å². The van der Waals surface area contributed by atoms with E-state index in [1.807, 2.05) is 33.9 Å². The zero-order chi connectivity index (χ0) is 23.4. The van der Waals surface area contributed by atoms with Gasteiger partial charge in [0.15, 0.2) is 0 Å². The van der Waals surface area contributed by atoms with Gasteiger partial charge in [-0.05, 0) is 35.4 Å². The van der Waals surface area contributed by atoms with Crippen LogP contribution in [0.25, 0.3) is 11.1 Å². The van der Waals surface area contributed by atoms with E-state index < -0.39 is 21.9 Å². The number of piperazine rings is 1. The zero-order valence-corrected chi connectivity index (χ0v) is 20.2. The SMILES string of the molecule is CN1SN(CC2CC2(F)F)c2ccc(-c3ccnc(CN4CCN(S(C)(=O)=O)CC4)c3)cc21. The van der Waals surface area contributed by atoms with Crippen molar-refractivity contribution < 1.29 is 17.2 Å². The number of aromatic nitrogens is 1. The third-order valence-electron chi connectivity index (χ3n) is 6.48. The lowest BCUT2D eigenvalue weighted by Gasteiger charge is -2.32. The van der Waals surface area contributed by atoms with Crippen LogP contribution >= 0.6 is 12.1 Å². The molecule has 2 fully saturated rings. The summed E-state index contributed by atoms with van der Waals surface area (Å²) < 4.78 is 55.7. The zero-order valence-electron chi connectivity index (χ0n) is 18.6. The Morgan fingerprint density at radius 2 is 1.79 bits per heavy atom. The molecule has 1 atom stereocenters. The van der Waals surface area contributed by atoms with E-state index >= 15 is 0 Å². The summed E-state index contributed by atoms with van der Waals surface area (Å²) in [4.78, 5) is 6.73. The van der Waals surface area contributed by atoms with Gasteiger partial charge in [-0.25, -0.2) is 17.2 Å². The van der Waals surface area contributed by atoms with E-state index in [1.165, 1.54) is 22.7 Å². The summed E-state index contributed by atoms with van der Waals surface area (Å²) in [7, 11) is -1.19. The molecule has 3 heterocycles. The van der Waals surface area contributed by atoms with Crippen molar-refractivity contribution in [1.82, 2.24) is 14.2 Å². The van der Waals surface area contributed by atoms with Gasteiger partial charge in [0, 0.05) is 64.9 Å². The third kappa shape index (κ3) is 4.82. The first-order valence-corrected chi connectivity index (χ1v) is 13.5. The minimum absolute atomic E-state index is 0.0235. The molecule has 0 amide bonds. The Bertz CT molecular complexity index is 1160. The number of benzene rings is 1. The van der Waals surface area contributed by atoms with Gasteiger partial charge < -0.3 is 0 Å². The molecule has 7 nitrogen and oxygen atoms in total. The Morgan fingerprint density at radius 1 is 1.09 bits per heavy atom. The average Bonchev–Trinajstić information content (AvgIpc) is 3.25. The van der Waals surface area contributed by atoms with Crippen LogP contribution in [0.5, 0.6) is 0 Å². The molecule has 33 heavy (non-hydrogen) atoms. The quantitative estimate of drug-likeness (QED) is 0.570. The highest BCUT2D eigenvalue weighted by molar-refractivity contribution is 8.02. The average molecular weight is 496 g/mol. The summed E-state index contributed by atoms with van der Waals surface area (Å²) in [5, 5.41) is 0. The largest absolute Gasteiger partial charge is 0.300 e. The fourth-order valence-electron chi connectivity index (χ4n) is 4.39. The summed E-state index contributed by atoms with van der Waals surface area (Å²) in [6.45, 7) is 3.36. The smallest absolute Gasteiger partial charge is 0.253 e. The Kier molecular flexibility index (Phi) is 5.79. The Hall–Kier alpha value is -1.95. The number of alkyl halides is 2. The number of pyridine rings is 1. The first kappa shape index (κ1) is 22.8. The van der Waals surface area contributed by atoms with Crippen LogP contribution < -0.4 is 8.61 Å². The maximum Gasteiger partial charge on any atom is 0.253 e. The van der Waals surface area contributed by atoms with E-state index in [0.29, 0.717) is 39.3 Å². The van der Waals surface area contributed by atoms with E-state index in [9.17, 15) is 17.2 Å². The maximum absolute atomic E-state index is 13.4. The molecule has 1 aliphatic carbocycles. The summed E-state index contributed by atoms with van der Waals surface area (Å²) in [6.07, 6.45) is 3.02. The van der Waals surface area contributed by atoms with E-state index in [-0.39, 0.29) is 6.42 Å². The minimum Gasteiger partial charge on any atom is -0.300 e. The lowest BCUT2D eigenvalue weighted by molar-refractivity contribution is 0.101. The lowest BCUT2D eigenvalue weighted by Crippen LogP contribution is -2.47. The van der Waals surface area contributed by atoms with Gasteiger partial charge in [0.05, 0.1) is 35.5 Å². The van der Waals surface area contributed by atoms with Crippen molar-refractivity contribution in [2.75, 3.05) is 54.6 Å². The van der Waals surface area contributed by atoms with Crippen LogP contribution in [0.3, 0.4) is 0 Å². The predicted molar refractivity (Wildman–Crippen MR) is 128 cm³/mol. The molecule has 1 saturated heterocycles. The molecular weight excluding hydrogens is 468 g/mol. The highest BCUT2D eigenvalue weighted by Gasteiger charge is 2.57. The maximum atomic E-state index is 13.4. The van der Waals surface area contributed by atoms with E-state index in [0.717, 1.165) is 28.2 Å². The minimum atomic E-state index is -3.14. The van der Waals surface area contributed by atoms with Crippen LogP contribution in [0.2, 0.25) is 0 Å². The first-order valence-electron chi connectivity index (χ1n) is 10.9. The molecule has 1 saturated carbocycles. The van der Waals surface area contributed by atoms with Crippen LogP contribution in [0.15, 0.2) is 36.5 Å². The van der Waals surface area contributed by atoms with E-state index in [4.69, 9.17) is 0 Å². The summed E-state index contributed by atoms with van der Waals surface area (Å²) >= 11 is 1.46. The van der Waals surface area contributed by atoms with Crippen molar-refractivity contribution in [1.29, 1.82) is 0 Å². The molecule has 11 heteroatoms. The van der Waals surface area contributed by atoms with E-state index in [1.54, 1.807) is 6.20 Å². The molecule has 1 unspecified atom stereocenters. The third-order valence-corrected chi connectivity index (χ3v) is 8.77. The highest BCUT2D eigenvalue weighted by Crippen LogP contribution is 2.53. The Morgan fingerprint density at radius 3 is 2.45 bits per heavy atom. The molecule has 2 aliphatic heterocycles. The van der Waals surface area contributed by atoms with Crippen molar-refractivity contribution in [3.63, 3.8) is 0 Å². The van der Waals surface area contributed by atoms with Crippen LogP contribution in [0.1, 0.15) is 12.1 Å². The number of hydrogen-bond acceptors (Lipinski definition) is 7. The number of anilines is 2. The number of nitrogens with zero attached hydrogens (tertiary/aromatic N) is 5. The standard InChI is InChI=1S/C22H27F2N5O2S2/c1-26-21-12-16(3-4-20(21)29(32-26)14-18-13-22(18,23)24)17-5-6-25-19(11-17)15-27-7-9-28(10-8-27)33(2,30)31/h3-6,11-12,18H,7-10,13-15H2,1-2H3. The second-order valence-corrected chi connectivity index (χ2v) is 12.1. The Labute approximate surface area is 197 Å². The van der Waals surface area contributed by atoms with E-state index in [2.05, 4.69) is 22.0 Å². The van der Waals surface area contributed by atoms with Gasteiger partial charge in [0.1, 0.15) is 0 Å². The number of sulfonamides is 1.